The molecule has 0 saturated carbocycles. The van der Waals surface area contributed by atoms with E-state index in [1.54, 1.807) is 12.1 Å². The minimum Gasteiger partial charge on any atom is -0.309 e. The summed E-state index contributed by atoms with van der Waals surface area (Å²) in [4.78, 5) is 1.04. The molecule has 18 heavy (non-hydrogen) atoms. The molecule has 0 radical (unpaired) electrons. The van der Waals surface area contributed by atoms with E-state index in [9.17, 15) is 4.39 Å². The van der Waals surface area contributed by atoms with Crippen LogP contribution in [0.5, 0.6) is 0 Å². The smallest absolute Gasteiger partial charge is 0.141 e. The molecule has 0 fully saturated rings. The maximum absolute atomic E-state index is 13.2. The predicted molar refractivity (Wildman–Crippen MR) is 79.3 cm³/mol. The topological polar surface area (TPSA) is 12.0 Å². The lowest BCUT2D eigenvalue weighted by molar-refractivity contribution is 0.624. The van der Waals surface area contributed by atoms with Crippen LogP contribution in [0.4, 0.5) is 4.39 Å². The summed E-state index contributed by atoms with van der Waals surface area (Å²) in [5.41, 5.74) is 0.898. The lowest BCUT2D eigenvalue weighted by Crippen LogP contribution is -2.16. The van der Waals surface area contributed by atoms with E-state index in [4.69, 9.17) is 23.2 Å². The summed E-state index contributed by atoms with van der Waals surface area (Å²) in [5.74, 6) is -0.416. The van der Waals surface area contributed by atoms with Crippen LogP contribution < -0.4 is 5.32 Å². The Morgan fingerprint density at radius 1 is 1.33 bits per heavy atom. The van der Waals surface area contributed by atoms with Gasteiger partial charge in [0.15, 0.2) is 0 Å². The van der Waals surface area contributed by atoms with Gasteiger partial charge in [0, 0.05) is 9.35 Å². The molecular weight excluding hydrogens is 360 g/mol. The highest BCUT2D eigenvalue weighted by molar-refractivity contribution is 9.10. The second-order valence-corrected chi connectivity index (χ2v) is 6.61. The zero-order chi connectivity index (χ0) is 13.3. The van der Waals surface area contributed by atoms with Gasteiger partial charge in [0.25, 0.3) is 0 Å². The molecule has 0 aliphatic carbocycles. The average molecular weight is 369 g/mol. The number of halogens is 4. The Labute approximate surface area is 127 Å². The summed E-state index contributed by atoms with van der Waals surface area (Å²) in [6.07, 6.45) is 0. The van der Waals surface area contributed by atoms with Gasteiger partial charge < -0.3 is 5.32 Å². The highest BCUT2D eigenvalue weighted by atomic mass is 79.9. The van der Waals surface area contributed by atoms with E-state index in [1.807, 2.05) is 13.1 Å². The van der Waals surface area contributed by atoms with E-state index in [1.165, 1.54) is 17.4 Å². The first-order valence-corrected chi connectivity index (χ1v) is 7.46. The summed E-state index contributed by atoms with van der Waals surface area (Å²) in [6, 6.07) is 6.60. The normalized spacial score (nSPS) is 12.7. The minimum absolute atomic E-state index is 0.0584. The van der Waals surface area contributed by atoms with Crippen molar-refractivity contribution in [1.82, 2.24) is 5.32 Å². The molecule has 0 aliphatic heterocycles. The van der Waals surface area contributed by atoms with Crippen molar-refractivity contribution in [3.8, 4) is 0 Å². The third-order valence-corrected chi connectivity index (χ3v) is 5.34. The first-order chi connectivity index (χ1) is 8.52. The van der Waals surface area contributed by atoms with Crippen molar-refractivity contribution in [3.05, 3.63) is 54.4 Å². The van der Waals surface area contributed by atoms with E-state index in [0.717, 1.165) is 14.9 Å². The number of rotatable bonds is 3. The Bertz CT molecular complexity index is 554. The zero-order valence-corrected chi connectivity index (χ0v) is 13.2. The lowest BCUT2D eigenvalue weighted by atomic mass is 10.1. The molecule has 1 heterocycles. The van der Waals surface area contributed by atoms with Crippen molar-refractivity contribution in [2.75, 3.05) is 7.05 Å². The Morgan fingerprint density at radius 2 is 2.06 bits per heavy atom. The van der Waals surface area contributed by atoms with Crippen LogP contribution in [0.3, 0.4) is 0 Å². The van der Waals surface area contributed by atoms with Crippen molar-refractivity contribution in [1.29, 1.82) is 0 Å². The minimum atomic E-state index is -0.416. The van der Waals surface area contributed by atoms with E-state index in [-0.39, 0.29) is 11.1 Å². The van der Waals surface area contributed by atoms with Crippen LogP contribution in [0.15, 0.2) is 28.7 Å². The largest absolute Gasteiger partial charge is 0.309 e. The SMILES string of the molecule is CNC(c1ccc(F)c(Cl)c1)c1cc(Br)c(Cl)s1. The molecule has 1 nitrogen and oxygen atoms in total. The standard InChI is InChI=1S/C12H9BrCl2FNS/c1-17-11(10-5-7(13)12(15)18-10)6-2-3-9(16)8(14)4-6/h2-5,11,17H,1H3. The van der Waals surface area contributed by atoms with Crippen LogP contribution >= 0.6 is 50.5 Å². The lowest BCUT2D eigenvalue weighted by Gasteiger charge is -2.15. The number of nitrogens with one attached hydrogen (secondary N) is 1. The van der Waals surface area contributed by atoms with Gasteiger partial charge in [-0.1, -0.05) is 29.3 Å². The molecule has 2 rings (SSSR count). The number of hydrogen-bond acceptors (Lipinski definition) is 2. The Kier molecular flexibility index (Phi) is 4.67. The molecule has 1 aromatic carbocycles. The second-order valence-electron chi connectivity index (χ2n) is 3.67. The fourth-order valence-corrected chi connectivity index (χ4v) is 3.73. The zero-order valence-electron chi connectivity index (χ0n) is 9.31. The molecular formula is C12H9BrCl2FNS. The number of hydrogen-bond donors (Lipinski definition) is 1. The van der Waals surface area contributed by atoms with Gasteiger partial charge in [-0.2, -0.15) is 0 Å². The van der Waals surface area contributed by atoms with Crippen LogP contribution in [-0.2, 0) is 0 Å². The van der Waals surface area contributed by atoms with Crippen molar-refractivity contribution in [2.45, 2.75) is 6.04 Å². The van der Waals surface area contributed by atoms with Crippen molar-refractivity contribution < 1.29 is 4.39 Å². The highest BCUT2D eigenvalue weighted by Crippen LogP contribution is 2.37. The summed E-state index contributed by atoms with van der Waals surface area (Å²) in [7, 11) is 1.84. The van der Waals surface area contributed by atoms with Gasteiger partial charge in [0.05, 0.1) is 11.1 Å². The van der Waals surface area contributed by atoms with Crippen LogP contribution in [-0.4, -0.2) is 7.05 Å². The van der Waals surface area contributed by atoms with E-state index in [2.05, 4.69) is 21.2 Å². The van der Waals surface area contributed by atoms with E-state index in [0.29, 0.717) is 4.34 Å². The number of thiophene rings is 1. The maximum Gasteiger partial charge on any atom is 0.141 e. The van der Waals surface area contributed by atoms with Crippen LogP contribution in [0.25, 0.3) is 0 Å². The van der Waals surface area contributed by atoms with E-state index >= 15 is 0 Å². The molecule has 1 atom stereocenters. The molecule has 0 saturated heterocycles. The second kappa shape index (κ2) is 5.88. The third kappa shape index (κ3) is 2.89. The first-order valence-electron chi connectivity index (χ1n) is 5.10. The maximum atomic E-state index is 13.2. The number of benzene rings is 1. The van der Waals surface area contributed by atoms with Gasteiger partial charge in [-0.25, -0.2) is 4.39 Å². The van der Waals surface area contributed by atoms with Crippen LogP contribution in [0.2, 0.25) is 9.36 Å². The van der Waals surface area contributed by atoms with Crippen molar-refractivity contribution >= 4 is 50.5 Å². The van der Waals surface area contributed by atoms with Gasteiger partial charge >= 0.3 is 0 Å². The van der Waals surface area contributed by atoms with Gasteiger partial charge in [-0.3, -0.25) is 0 Å². The Hall–Kier alpha value is -0.130. The third-order valence-electron chi connectivity index (χ3n) is 2.51. The molecule has 96 valence electrons. The molecule has 0 spiro atoms. The fourth-order valence-electron chi connectivity index (χ4n) is 1.67. The predicted octanol–water partition coefficient (Wildman–Crippen LogP) is 5.27. The Morgan fingerprint density at radius 3 is 2.56 bits per heavy atom. The van der Waals surface area contributed by atoms with E-state index < -0.39 is 5.82 Å². The van der Waals surface area contributed by atoms with Crippen molar-refractivity contribution in [2.24, 2.45) is 0 Å². The fraction of sp³-hybridized carbons (Fsp3) is 0.167. The van der Waals surface area contributed by atoms with Crippen molar-refractivity contribution in [3.63, 3.8) is 0 Å². The van der Waals surface area contributed by atoms with Gasteiger partial charge in [0.2, 0.25) is 0 Å². The molecule has 1 aromatic heterocycles. The molecule has 0 aliphatic rings. The summed E-state index contributed by atoms with van der Waals surface area (Å²) >= 11 is 16.7. The van der Waals surface area contributed by atoms with Gasteiger partial charge in [0.1, 0.15) is 10.2 Å². The molecule has 2 aromatic rings. The summed E-state index contributed by atoms with van der Waals surface area (Å²) < 4.78 is 14.7. The summed E-state index contributed by atoms with van der Waals surface area (Å²) in [6.45, 7) is 0. The molecule has 1 unspecified atom stereocenters. The highest BCUT2D eigenvalue weighted by Gasteiger charge is 2.17. The summed E-state index contributed by atoms with van der Waals surface area (Å²) in [5, 5.41) is 3.29. The quantitative estimate of drug-likeness (QED) is 0.778. The average Bonchev–Trinajstić information content (AvgIpc) is 2.65. The molecule has 0 bridgehead atoms. The van der Waals surface area contributed by atoms with Crippen LogP contribution in [0, 0.1) is 5.82 Å². The monoisotopic (exact) mass is 367 g/mol. The molecule has 0 amide bonds. The Balaban J connectivity index is 2.41. The van der Waals surface area contributed by atoms with Gasteiger partial charge in [-0.15, -0.1) is 11.3 Å². The first kappa shape index (κ1) is 14.3. The van der Waals surface area contributed by atoms with Gasteiger partial charge in [-0.05, 0) is 46.7 Å². The van der Waals surface area contributed by atoms with Crippen LogP contribution in [0.1, 0.15) is 16.5 Å². The molecule has 6 heteroatoms. The molecule has 1 N–H and O–H groups in total.